The van der Waals surface area contributed by atoms with Crippen LogP contribution in [0.3, 0.4) is 0 Å². The Morgan fingerprint density at radius 1 is 1.29 bits per heavy atom. The molecule has 0 saturated heterocycles. The van der Waals surface area contributed by atoms with Crippen molar-refractivity contribution in [3.05, 3.63) is 29.8 Å². The average Bonchev–Trinajstić information content (AvgIpc) is 2.45. The number of alkyl halides is 3. The molecule has 0 aliphatic carbocycles. The third kappa shape index (κ3) is 5.43. The molecule has 21 heavy (non-hydrogen) atoms. The summed E-state index contributed by atoms with van der Waals surface area (Å²) in [5, 5.41) is 3.26. The summed E-state index contributed by atoms with van der Waals surface area (Å²) < 4.78 is 50.4. The first kappa shape index (κ1) is 18.2. The first-order chi connectivity index (χ1) is 9.79. The van der Waals surface area contributed by atoms with E-state index in [-0.39, 0.29) is 10.9 Å². The molecular weight excluding hydrogens is 299 g/mol. The molecule has 2 nitrogen and oxygen atoms in total. The number of hydrogen-bond donors (Lipinski definition) is 1. The maximum Gasteiger partial charge on any atom is 0.416 e. The average molecular weight is 321 g/mol. The van der Waals surface area contributed by atoms with E-state index in [0.29, 0.717) is 11.7 Å². The molecule has 0 aromatic heterocycles. The summed E-state index contributed by atoms with van der Waals surface area (Å²) in [6.07, 6.45) is -3.48. The van der Waals surface area contributed by atoms with Crippen LogP contribution in [0.5, 0.6) is 0 Å². The second kappa shape index (κ2) is 7.94. The van der Waals surface area contributed by atoms with Gasteiger partial charge in [0.1, 0.15) is 0 Å². The van der Waals surface area contributed by atoms with Crippen molar-refractivity contribution >= 4 is 10.8 Å². The van der Waals surface area contributed by atoms with Gasteiger partial charge in [0.2, 0.25) is 0 Å². The monoisotopic (exact) mass is 321 g/mol. The first-order valence-corrected chi connectivity index (χ1v) is 8.40. The number of rotatable bonds is 7. The molecular formula is C15H22F3NOS. The molecule has 120 valence electrons. The van der Waals surface area contributed by atoms with Gasteiger partial charge in [0, 0.05) is 16.7 Å². The molecule has 0 saturated carbocycles. The maximum atomic E-state index is 12.7. The molecule has 1 aromatic carbocycles. The second-order valence-electron chi connectivity index (χ2n) is 5.09. The molecule has 1 aromatic rings. The number of halogens is 3. The van der Waals surface area contributed by atoms with Gasteiger partial charge >= 0.3 is 6.18 Å². The highest BCUT2D eigenvalue weighted by Crippen LogP contribution is 2.30. The summed E-state index contributed by atoms with van der Waals surface area (Å²) >= 11 is 0. The minimum Gasteiger partial charge on any atom is -0.313 e. The second-order valence-corrected chi connectivity index (χ2v) is 6.58. The van der Waals surface area contributed by atoms with Gasteiger partial charge in [-0.3, -0.25) is 4.21 Å². The SMILES string of the molecule is CCNC(CS(=O)c1cccc(C(F)(F)F)c1)C(C)CC. The van der Waals surface area contributed by atoms with Crippen LogP contribution in [-0.2, 0) is 17.0 Å². The smallest absolute Gasteiger partial charge is 0.313 e. The third-order valence-corrected chi connectivity index (χ3v) is 4.99. The number of hydrogen-bond acceptors (Lipinski definition) is 2. The minimum absolute atomic E-state index is 0.0374. The number of nitrogens with one attached hydrogen (secondary N) is 1. The van der Waals surface area contributed by atoms with Crippen LogP contribution in [0.4, 0.5) is 13.2 Å². The van der Waals surface area contributed by atoms with Crippen molar-refractivity contribution in [1.82, 2.24) is 5.32 Å². The van der Waals surface area contributed by atoms with Gasteiger partial charge in [-0.05, 0) is 30.7 Å². The molecule has 0 aliphatic rings. The van der Waals surface area contributed by atoms with E-state index in [1.54, 1.807) is 0 Å². The van der Waals surface area contributed by atoms with Crippen LogP contribution in [0.25, 0.3) is 0 Å². The molecule has 0 fully saturated rings. The predicted octanol–water partition coefficient (Wildman–Crippen LogP) is 3.84. The lowest BCUT2D eigenvalue weighted by Crippen LogP contribution is -2.39. The van der Waals surface area contributed by atoms with Crippen LogP contribution in [0.1, 0.15) is 32.8 Å². The molecule has 1 rings (SSSR count). The Morgan fingerprint density at radius 2 is 1.95 bits per heavy atom. The Bertz CT molecular complexity index is 476. The number of benzene rings is 1. The highest BCUT2D eigenvalue weighted by atomic mass is 32.2. The topological polar surface area (TPSA) is 29.1 Å². The van der Waals surface area contributed by atoms with Crippen LogP contribution in [-0.4, -0.2) is 22.5 Å². The van der Waals surface area contributed by atoms with Gasteiger partial charge in [0.05, 0.1) is 16.4 Å². The van der Waals surface area contributed by atoms with Crippen LogP contribution in [0.2, 0.25) is 0 Å². The Hall–Kier alpha value is -0.880. The van der Waals surface area contributed by atoms with E-state index in [4.69, 9.17) is 0 Å². The Morgan fingerprint density at radius 3 is 2.48 bits per heavy atom. The summed E-state index contributed by atoms with van der Waals surface area (Å²) in [6, 6.07) is 4.81. The first-order valence-electron chi connectivity index (χ1n) is 7.08. The lowest BCUT2D eigenvalue weighted by atomic mass is 10.0. The lowest BCUT2D eigenvalue weighted by molar-refractivity contribution is -0.137. The van der Waals surface area contributed by atoms with Crippen LogP contribution in [0.15, 0.2) is 29.2 Å². The zero-order valence-electron chi connectivity index (χ0n) is 12.5. The van der Waals surface area contributed by atoms with Gasteiger partial charge in [0.25, 0.3) is 0 Å². The van der Waals surface area contributed by atoms with E-state index in [2.05, 4.69) is 12.2 Å². The van der Waals surface area contributed by atoms with E-state index in [1.165, 1.54) is 12.1 Å². The van der Waals surface area contributed by atoms with E-state index >= 15 is 0 Å². The molecule has 0 bridgehead atoms. The predicted molar refractivity (Wildman–Crippen MR) is 79.6 cm³/mol. The highest BCUT2D eigenvalue weighted by molar-refractivity contribution is 7.85. The lowest BCUT2D eigenvalue weighted by Gasteiger charge is -2.23. The van der Waals surface area contributed by atoms with Crippen molar-refractivity contribution in [3.8, 4) is 0 Å². The van der Waals surface area contributed by atoms with E-state index in [9.17, 15) is 17.4 Å². The van der Waals surface area contributed by atoms with Gasteiger partial charge in [-0.2, -0.15) is 13.2 Å². The molecule has 6 heteroatoms. The van der Waals surface area contributed by atoms with Crippen LogP contribution < -0.4 is 5.32 Å². The van der Waals surface area contributed by atoms with E-state index in [1.807, 2.05) is 13.8 Å². The van der Waals surface area contributed by atoms with Crippen LogP contribution in [0, 0.1) is 5.92 Å². The van der Waals surface area contributed by atoms with Gasteiger partial charge in [-0.15, -0.1) is 0 Å². The largest absolute Gasteiger partial charge is 0.416 e. The molecule has 0 heterocycles. The molecule has 0 amide bonds. The zero-order valence-corrected chi connectivity index (χ0v) is 13.4. The van der Waals surface area contributed by atoms with Crippen molar-refractivity contribution in [2.45, 2.75) is 44.3 Å². The normalized spacial score (nSPS) is 16.5. The van der Waals surface area contributed by atoms with Gasteiger partial charge in [0.15, 0.2) is 0 Å². The zero-order chi connectivity index (χ0) is 16.0. The van der Waals surface area contributed by atoms with Crippen molar-refractivity contribution in [2.24, 2.45) is 5.92 Å². The van der Waals surface area contributed by atoms with E-state index in [0.717, 1.165) is 25.1 Å². The molecule has 1 N–H and O–H groups in total. The standard InChI is InChI=1S/C15H22F3NOS/c1-4-11(3)14(19-5-2)10-21(20)13-8-6-7-12(9-13)15(16,17)18/h6-9,11,14,19H,4-5,10H2,1-3H3. The Balaban J connectivity index is 2.87. The summed E-state index contributed by atoms with van der Waals surface area (Å²) in [7, 11) is -1.44. The summed E-state index contributed by atoms with van der Waals surface area (Å²) in [5.41, 5.74) is -0.753. The Labute approximate surface area is 126 Å². The van der Waals surface area contributed by atoms with Gasteiger partial charge in [-0.1, -0.05) is 33.3 Å². The summed E-state index contributed by atoms with van der Waals surface area (Å²) in [4.78, 5) is 0.232. The molecule has 0 radical (unpaired) electrons. The quantitative estimate of drug-likeness (QED) is 0.827. The summed E-state index contributed by atoms with van der Waals surface area (Å²) in [6.45, 7) is 6.80. The Kier molecular flexibility index (Phi) is 6.87. The molecule has 0 spiro atoms. The molecule has 0 aliphatic heterocycles. The summed E-state index contributed by atoms with van der Waals surface area (Å²) in [5.74, 6) is 0.643. The maximum absolute atomic E-state index is 12.7. The van der Waals surface area contributed by atoms with Crippen molar-refractivity contribution in [3.63, 3.8) is 0 Å². The fourth-order valence-electron chi connectivity index (χ4n) is 2.04. The molecule has 3 atom stereocenters. The van der Waals surface area contributed by atoms with Crippen molar-refractivity contribution in [2.75, 3.05) is 12.3 Å². The fourth-order valence-corrected chi connectivity index (χ4v) is 3.50. The molecule has 3 unspecified atom stereocenters. The minimum atomic E-state index is -4.40. The van der Waals surface area contributed by atoms with Gasteiger partial charge in [-0.25, -0.2) is 0 Å². The van der Waals surface area contributed by atoms with Gasteiger partial charge < -0.3 is 5.32 Å². The van der Waals surface area contributed by atoms with Crippen molar-refractivity contribution in [1.29, 1.82) is 0 Å². The van der Waals surface area contributed by atoms with E-state index < -0.39 is 22.5 Å². The van der Waals surface area contributed by atoms with Crippen molar-refractivity contribution < 1.29 is 17.4 Å². The third-order valence-electron chi connectivity index (χ3n) is 3.55. The fraction of sp³-hybridized carbons (Fsp3) is 0.600. The highest BCUT2D eigenvalue weighted by Gasteiger charge is 2.31. The van der Waals surface area contributed by atoms with Crippen LogP contribution >= 0.6 is 0 Å².